The second kappa shape index (κ2) is 4.35. The van der Waals surface area contributed by atoms with Crippen molar-refractivity contribution >= 4 is 11.5 Å². The molecule has 0 fully saturated rings. The standard InChI is InChI=1S/C14H14O2/c1-10-11(7-8-14(15)16-2)9-12-5-3-4-6-13(10)12/h3-8H,9H2,1-2H3/b8-7+. The van der Waals surface area contributed by atoms with Crippen LogP contribution in [0.4, 0.5) is 0 Å². The van der Waals surface area contributed by atoms with E-state index in [2.05, 4.69) is 23.8 Å². The summed E-state index contributed by atoms with van der Waals surface area (Å²) in [5, 5.41) is 0. The van der Waals surface area contributed by atoms with Crippen molar-refractivity contribution in [3.63, 3.8) is 0 Å². The van der Waals surface area contributed by atoms with Gasteiger partial charge in [0.2, 0.25) is 0 Å². The molecule has 1 aromatic rings. The molecule has 0 atom stereocenters. The molecule has 0 heterocycles. The van der Waals surface area contributed by atoms with E-state index in [0.717, 1.165) is 6.42 Å². The van der Waals surface area contributed by atoms with Gasteiger partial charge in [-0.25, -0.2) is 4.79 Å². The maximum atomic E-state index is 11.0. The van der Waals surface area contributed by atoms with Crippen LogP contribution in [0.5, 0.6) is 0 Å². The van der Waals surface area contributed by atoms with E-state index in [1.807, 2.05) is 18.2 Å². The third-order valence-corrected chi connectivity index (χ3v) is 2.91. The predicted octanol–water partition coefficient (Wildman–Crippen LogP) is 2.75. The Bertz CT molecular complexity index is 481. The Kier molecular flexibility index (Phi) is 2.91. The molecule has 16 heavy (non-hydrogen) atoms. The third-order valence-electron chi connectivity index (χ3n) is 2.91. The number of rotatable bonds is 2. The number of esters is 1. The van der Waals surface area contributed by atoms with Crippen molar-refractivity contribution in [3.8, 4) is 0 Å². The van der Waals surface area contributed by atoms with Gasteiger partial charge in [-0.3, -0.25) is 0 Å². The van der Waals surface area contributed by atoms with Crippen LogP contribution in [0.3, 0.4) is 0 Å². The van der Waals surface area contributed by atoms with Crippen molar-refractivity contribution in [2.45, 2.75) is 13.3 Å². The second-order valence-electron chi connectivity index (χ2n) is 3.84. The number of allylic oxidation sites excluding steroid dienone is 3. The molecule has 82 valence electrons. The van der Waals surface area contributed by atoms with E-state index >= 15 is 0 Å². The first-order valence-corrected chi connectivity index (χ1v) is 5.26. The van der Waals surface area contributed by atoms with E-state index in [1.165, 1.54) is 35.5 Å². The van der Waals surface area contributed by atoms with Gasteiger partial charge in [0.15, 0.2) is 0 Å². The Hall–Kier alpha value is -1.83. The molecule has 0 aliphatic heterocycles. The Morgan fingerprint density at radius 1 is 1.38 bits per heavy atom. The van der Waals surface area contributed by atoms with Gasteiger partial charge in [0.25, 0.3) is 0 Å². The van der Waals surface area contributed by atoms with Crippen molar-refractivity contribution < 1.29 is 9.53 Å². The van der Waals surface area contributed by atoms with Crippen molar-refractivity contribution in [2.75, 3.05) is 7.11 Å². The Morgan fingerprint density at radius 2 is 2.12 bits per heavy atom. The van der Waals surface area contributed by atoms with Crippen LogP contribution in [0.1, 0.15) is 18.1 Å². The van der Waals surface area contributed by atoms with Crippen molar-refractivity contribution in [1.29, 1.82) is 0 Å². The number of carbonyl (C=O) groups is 1. The fraction of sp³-hybridized carbons (Fsp3) is 0.214. The molecular formula is C14H14O2. The number of hydrogen-bond acceptors (Lipinski definition) is 2. The van der Waals surface area contributed by atoms with E-state index in [9.17, 15) is 4.79 Å². The number of carbonyl (C=O) groups excluding carboxylic acids is 1. The van der Waals surface area contributed by atoms with E-state index < -0.39 is 0 Å². The summed E-state index contributed by atoms with van der Waals surface area (Å²) in [6, 6.07) is 8.32. The Labute approximate surface area is 95.2 Å². The van der Waals surface area contributed by atoms with Crippen molar-refractivity contribution in [3.05, 3.63) is 53.1 Å². The highest BCUT2D eigenvalue weighted by atomic mass is 16.5. The Balaban J connectivity index is 2.25. The van der Waals surface area contributed by atoms with Gasteiger partial charge >= 0.3 is 5.97 Å². The van der Waals surface area contributed by atoms with Gasteiger partial charge in [-0.15, -0.1) is 0 Å². The first-order chi connectivity index (χ1) is 7.72. The molecule has 2 rings (SSSR count). The quantitative estimate of drug-likeness (QED) is 0.559. The van der Waals surface area contributed by atoms with Crippen LogP contribution in [-0.2, 0) is 16.0 Å². The summed E-state index contributed by atoms with van der Waals surface area (Å²) in [7, 11) is 1.39. The van der Waals surface area contributed by atoms with E-state index in [4.69, 9.17) is 0 Å². The van der Waals surface area contributed by atoms with Crippen molar-refractivity contribution in [1.82, 2.24) is 0 Å². The van der Waals surface area contributed by atoms with Gasteiger partial charge in [0.1, 0.15) is 0 Å². The molecule has 1 aliphatic carbocycles. The predicted molar refractivity (Wildman–Crippen MR) is 63.9 cm³/mol. The third kappa shape index (κ3) is 1.91. The summed E-state index contributed by atoms with van der Waals surface area (Å²) in [6.45, 7) is 2.09. The lowest BCUT2D eigenvalue weighted by Gasteiger charge is -1.97. The van der Waals surface area contributed by atoms with Crippen LogP contribution in [0.25, 0.3) is 5.57 Å². The summed E-state index contributed by atoms with van der Waals surface area (Å²) in [5.74, 6) is -0.309. The largest absolute Gasteiger partial charge is 0.466 e. The normalized spacial score (nSPS) is 14.4. The van der Waals surface area contributed by atoms with Crippen LogP contribution in [-0.4, -0.2) is 13.1 Å². The average molecular weight is 214 g/mol. The topological polar surface area (TPSA) is 26.3 Å². The molecule has 0 saturated carbocycles. The molecule has 0 radical (unpaired) electrons. The number of benzene rings is 1. The van der Waals surface area contributed by atoms with Gasteiger partial charge in [-0.1, -0.05) is 30.3 Å². The van der Waals surface area contributed by atoms with Crippen LogP contribution in [0, 0.1) is 0 Å². The molecule has 1 aromatic carbocycles. The minimum Gasteiger partial charge on any atom is -0.466 e. The van der Waals surface area contributed by atoms with Crippen LogP contribution >= 0.6 is 0 Å². The average Bonchev–Trinajstić information content (AvgIpc) is 2.64. The maximum absolute atomic E-state index is 11.0. The summed E-state index contributed by atoms with van der Waals surface area (Å²) in [6.07, 6.45) is 4.22. The fourth-order valence-corrected chi connectivity index (χ4v) is 1.97. The lowest BCUT2D eigenvalue weighted by molar-refractivity contribution is -0.134. The zero-order valence-electron chi connectivity index (χ0n) is 9.49. The molecular weight excluding hydrogens is 200 g/mol. The van der Waals surface area contributed by atoms with Gasteiger partial charge in [0.05, 0.1) is 7.11 Å². The van der Waals surface area contributed by atoms with Gasteiger partial charge < -0.3 is 4.74 Å². The number of ether oxygens (including phenoxy) is 1. The maximum Gasteiger partial charge on any atom is 0.330 e. The highest BCUT2D eigenvalue weighted by Gasteiger charge is 2.15. The molecule has 0 saturated heterocycles. The monoisotopic (exact) mass is 214 g/mol. The van der Waals surface area contributed by atoms with E-state index in [1.54, 1.807) is 0 Å². The fourth-order valence-electron chi connectivity index (χ4n) is 1.97. The first kappa shape index (κ1) is 10.7. The smallest absolute Gasteiger partial charge is 0.330 e. The zero-order chi connectivity index (χ0) is 11.5. The molecule has 2 heteroatoms. The van der Waals surface area contributed by atoms with Crippen LogP contribution in [0.15, 0.2) is 42.0 Å². The van der Waals surface area contributed by atoms with E-state index in [-0.39, 0.29) is 5.97 Å². The summed E-state index contributed by atoms with van der Waals surface area (Å²) in [5.41, 5.74) is 5.04. The molecule has 0 unspecified atom stereocenters. The van der Waals surface area contributed by atoms with Gasteiger partial charge in [-0.2, -0.15) is 0 Å². The highest BCUT2D eigenvalue weighted by Crippen LogP contribution is 2.32. The summed E-state index contributed by atoms with van der Waals surface area (Å²) in [4.78, 5) is 11.0. The SMILES string of the molecule is COC(=O)/C=C/C1=C(C)c2ccccc2C1. The first-order valence-electron chi connectivity index (χ1n) is 5.26. The van der Waals surface area contributed by atoms with Gasteiger partial charge in [-0.05, 0) is 35.6 Å². The van der Waals surface area contributed by atoms with Crippen molar-refractivity contribution in [2.24, 2.45) is 0 Å². The molecule has 0 spiro atoms. The lowest BCUT2D eigenvalue weighted by Crippen LogP contribution is -1.94. The number of fused-ring (bicyclic) bond motifs is 1. The summed E-state index contributed by atoms with van der Waals surface area (Å²) >= 11 is 0. The Morgan fingerprint density at radius 3 is 2.81 bits per heavy atom. The number of hydrogen-bond donors (Lipinski definition) is 0. The highest BCUT2D eigenvalue weighted by molar-refractivity contribution is 5.84. The van der Waals surface area contributed by atoms with Crippen LogP contribution in [0.2, 0.25) is 0 Å². The number of methoxy groups -OCH3 is 1. The van der Waals surface area contributed by atoms with Gasteiger partial charge in [0, 0.05) is 6.08 Å². The molecule has 0 amide bonds. The molecule has 0 aromatic heterocycles. The molecule has 2 nitrogen and oxygen atoms in total. The molecule has 1 aliphatic rings. The molecule has 0 N–H and O–H groups in total. The minimum absolute atomic E-state index is 0.309. The van der Waals surface area contributed by atoms with Crippen LogP contribution < -0.4 is 0 Å². The molecule has 0 bridgehead atoms. The van der Waals surface area contributed by atoms with E-state index in [0.29, 0.717) is 0 Å². The summed E-state index contributed by atoms with van der Waals surface area (Å²) < 4.78 is 4.57. The second-order valence-corrected chi connectivity index (χ2v) is 3.84. The zero-order valence-corrected chi connectivity index (χ0v) is 9.49. The minimum atomic E-state index is -0.309. The lowest BCUT2D eigenvalue weighted by atomic mass is 10.1.